The number of halogens is 1. The lowest BCUT2D eigenvalue weighted by molar-refractivity contribution is 0.277. The third-order valence-electron chi connectivity index (χ3n) is 2.19. The molecule has 1 nitrogen and oxygen atoms in total. The van der Waals surface area contributed by atoms with Gasteiger partial charge in [-0.3, -0.25) is 0 Å². The van der Waals surface area contributed by atoms with Gasteiger partial charge in [-0.1, -0.05) is 11.6 Å². The quantitative estimate of drug-likeness (QED) is 0.835. The van der Waals surface area contributed by atoms with E-state index < -0.39 is 0 Å². The highest BCUT2D eigenvalue weighted by atomic mass is 35.5. The SMILES string of the molecule is OCC1CC1Sc1ccc(Cl)cc1. The predicted octanol–water partition coefficient (Wildman–Crippen LogP) is 2.81. The van der Waals surface area contributed by atoms with Crippen molar-refractivity contribution >= 4 is 23.4 Å². The third-order valence-corrected chi connectivity index (χ3v) is 3.87. The van der Waals surface area contributed by atoms with Crippen LogP contribution in [-0.4, -0.2) is 17.0 Å². The Morgan fingerprint density at radius 1 is 1.38 bits per heavy atom. The molecular formula is C10H11ClOS. The van der Waals surface area contributed by atoms with Gasteiger partial charge in [0.25, 0.3) is 0 Å². The molecule has 0 heterocycles. The highest BCUT2D eigenvalue weighted by molar-refractivity contribution is 8.00. The largest absolute Gasteiger partial charge is 0.396 e. The molecule has 1 aliphatic carbocycles. The van der Waals surface area contributed by atoms with Crippen LogP contribution >= 0.6 is 23.4 Å². The van der Waals surface area contributed by atoms with Gasteiger partial charge in [-0.05, 0) is 36.6 Å². The van der Waals surface area contributed by atoms with Crippen LogP contribution in [0.4, 0.5) is 0 Å². The van der Waals surface area contributed by atoms with Gasteiger partial charge in [-0.15, -0.1) is 11.8 Å². The van der Waals surface area contributed by atoms with Crippen LogP contribution in [-0.2, 0) is 0 Å². The summed E-state index contributed by atoms with van der Waals surface area (Å²) in [5.74, 6) is 0.515. The average molecular weight is 215 g/mol. The van der Waals surface area contributed by atoms with Gasteiger partial charge in [-0.2, -0.15) is 0 Å². The van der Waals surface area contributed by atoms with Crippen molar-refractivity contribution in [2.24, 2.45) is 5.92 Å². The number of benzene rings is 1. The molecule has 2 unspecified atom stereocenters. The summed E-state index contributed by atoms with van der Waals surface area (Å²) >= 11 is 7.60. The van der Waals surface area contributed by atoms with Gasteiger partial charge >= 0.3 is 0 Å². The molecule has 0 bridgehead atoms. The van der Waals surface area contributed by atoms with Crippen LogP contribution in [0.15, 0.2) is 29.2 Å². The number of hydrogen-bond donors (Lipinski definition) is 1. The summed E-state index contributed by atoms with van der Waals surface area (Å²) in [4.78, 5) is 1.24. The molecule has 1 N–H and O–H groups in total. The van der Waals surface area contributed by atoms with Crippen LogP contribution in [0.2, 0.25) is 5.02 Å². The highest BCUT2D eigenvalue weighted by Crippen LogP contribution is 2.44. The van der Waals surface area contributed by atoms with Crippen LogP contribution < -0.4 is 0 Å². The van der Waals surface area contributed by atoms with Crippen molar-refractivity contribution in [3.05, 3.63) is 29.3 Å². The minimum atomic E-state index is 0.325. The Hall–Kier alpha value is -0.180. The van der Waals surface area contributed by atoms with Gasteiger partial charge in [0.1, 0.15) is 0 Å². The fourth-order valence-electron chi connectivity index (χ4n) is 1.24. The van der Waals surface area contributed by atoms with Crippen molar-refractivity contribution < 1.29 is 5.11 Å². The third kappa shape index (κ3) is 2.39. The molecule has 2 rings (SSSR count). The molecule has 0 saturated heterocycles. The molecule has 70 valence electrons. The van der Waals surface area contributed by atoms with E-state index in [1.54, 1.807) is 0 Å². The lowest BCUT2D eigenvalue weighted by Crippen LogP contribution is -1.88. The Morgan fingerprint density at radius 3 is 2.62 bits per heavy atom. The van der Waals surface area contributed by atoms with Crippen molar-refractivity contribution in [1.29, 1.82) is 0 Å². The van der Waals surface area contributed by atoms with Crippen LogP contribution in [0, 0.1) is 5.92 Å². The number of aliphatic hydroxyl groups excluding tert-OH is 1. The molecule has 1 aromatic carbocycles. The van der Waals surface area contributed by atoms with Crippen LogP contribution in [0.3, 0.4) is 0 Å². The van der Waals surface area contributed by atoms with Gasteiger partial charge < -0.3 is 5.11 Å². The Kier molecular flexibility index (Phi) is 2.82. The number of hydrogen-bond acceptors (Lipinski definition) is 2. The van der Waals surface area contributed by atoms with Gasteiger partial charge in [0.2, 0.25) is 0 Å². The maximum atomic E-state index is 8.86. The summed E-state index contributed by atoms with van der Waals surface area (Å²) in [7, 11) is 0. The lowest BCUT2D eigenvalue weighted by atomic mass is 10.4. The Morgan fingerprint density at radius 2 is 2.08 bits per heavy atom. The smallest absolute Gasteiger partial charge is 0.0470 e. The molecule has 0 aliphatic heterocycles. The first kappa shape index (κ1) is 9.38. The van der Waals surface area contributed by atoms with E-state index >= 15 is 0 Å². The van der Waals surface area contributed by atoms with Crippen LogP contribution in [0.1, 0.15) is 6.42 Å². The summed E-state index contributed by atoms with van der Waals surface area (Å²) in [6, 6.07) is 7.86. The molecule has 0 spiro atoms. The summed E-state index contributed by atoms with van der Waals surface area (Å²) in [6.45, 7) is 0.325. The van der Waals surface area contributed by atoms with Crippen molar-refractivity contribution in [1.82, 2.24) is 0 Å². The molecular weight excluding hydrogens is 204 g/mol. The second-order valence-electron chi connectivity index (χ2n) is 3.29. The summed E-state index contributed by atoms with van der Waals surface area (Å²) < 4.78 is 0. The first-order chi connectivity index (χ1) is 6.29. The minimum absolute atomic E-state index is 0.325. The molecule has 1 saturated carbocycles. The summed E-state index contributed by atoms with van der Waals surface area (Å²) in [5, 5.41) is 10.3. The zero-order valence-electron chi connectivity index (χ0n) is 7.11. The van der Waals surface area contributed by atoms with E-state index in [0.717, 1.165) is 11.4 Å². The van der Waals surface area contributed by atoms with Crippen LogP contribution in [0.25, 0.3) is 0 Å². The monoisotopic (exact) mass is 214 g/mol. The average Bonchev–Trinajstić information content (AvgIpc) is 2.88. The zero-order valence-corrected chi connectivity index (χ0v) is 8.68. The first-order valence-electron chi connectivity index (χ1n) is 4.32. The van der Waals surface area contributed by atoms with E-state index in [4.69, 9.17) is 16.7 Å². The molecule has 13 heavy (non-hydrogen) atoms. The molecule has 2 atom stereocenters. The maximum absolute atomic E-state index is 8.86. The summed E-state index contributed by atoms with van der Waals surface area (Å²) in [6.07, 6.45) is 1.14. The lowest BCUT2D eigenvalue weighted by Gasteiger charge is -1.99. The molecule has 0 radical (unpaired) electrons. The van der Waals surface area contributed by atoms with Gasteiger partial charge in [0.05, 0.1) is 0 Å². The Balaban J connectivity index is 1.92. The van der Waals surface area contributed by atoms with Gasteiger partial charge in [0.15, 0.2) is 0 Å². The van der Waals surface area contributed by atoms with E-state index in [1.807, 2.05) is 36.0 Å². The van der Waals surface area contributed by atoms with Crippen molar-refractivity contribution in [2.45, 2.75) is 16.6 Å². The molecule has 1 aromatic rings. The maximum Gasteiger partial charge on any atom is 0.0470 e. The van der Waals surface area contributed by atoms with Crippen molar-refractivity contribution in [3.63, 3.8) is 0 Å². The number of rotatable bonds is 3. The van der Waals surface area contributed by atoms with Gasteiger partial charge in [0, 0.05) is 21.8 Å². The Bertz CT molecular complexity index is 285. The second kappa shape index (κ2) is 3.91. The molecule has 1 aliphatic rings. The predicted molar refractivity (Wildman–Crippen MR) is 56.3 cm³/mol. The van der Waals surface area contributed by atoms with E-state index in [0.29, 0.717) is 17.8 Å². The Labute approximate surface area is 87.1 Å². The van der Waals surface area contributed by atoms with Crippen LogP contribution in [0.5, 0.6) is 0 Å². The van der Waals surface area contributed by atoms with E-state index in [1.165, 1.54) is 4.90 Å². The van der Waals surface area contributed by atoms with Crippen molar-refractivity contribution in [3.8, 4) is 0 Å². The standard InChI is InChI=1S/C10H11ClOS/c11-8-1-3-9(4-2-8)13-10-5-7(10)6-12/h1-4,7,10,12H,5-6H2. The zero-order chi connectivity index (χ0) is 9.26. The van der Waals surface area contributed by atoms with Gasteiger partial charge in [-0.25, -0.2) is 0 Å². The van der Waals surface area contributed by atoms with E-state index in [2.05, 4.69) is 0 Å². The van der Waals surface area contributed by atoms with Crippen molar-refractivity contribution in [2.75, 3.05) is 6.61 Å². The fraction of sp³-hybridized carbons (Fsp3) is 0.400. The number of thioether (sulfide) groups is 1. The minimum Gasteiger partial charge on any atom is -0.396 e. The molecule has 1 fully saturated rings. The first-order valence-corrected chi connectivity index (χ1v) is 5.58. The normalized spacial score (nSPS) is 26.0. The van der Waals surface area contributed by atoms with E-state index in [-0.39, 0.29) is 0 Å². The summed E-state index contributed by atoms with van der Waals surface area (Å²) in [5.41, 5.74) is 0. The second-order valence-corrected chi connectivity index (χ2v) is 5.04. The molecule has 0 amide bonds. The molecule has 0 aromatic heterocycles. The van der Waals surface area contributed by atoms with E-state index in [9.17, 15) is 0 Å². The number of aliphatic hydroxyl groups is 1. The highest BCUT2D eigenvalue weighted by Gasteiger charge is 2.36. The topological polar surface area (TPSA) is 20.2 Å². The molecule has 3 heteroatoms. The fourth-order valence-corrected chi connectivity index (χ4v) is 2.63.